The molecule has 1 aromatic carbocycles. The first-order valence-electron chi connectivity index (χ1n) is 12.4. The zero-order valence-corrected chi connectivity index (χ0v) is 21.6. The number of carboxylic acids is 1. The first-order chi connectivity index (χ1) is 16.2. The number of carboxylic acid groups (broad SMARTS) is 1. The summed E-state index contributed by atoms with van der Waals surface area (Å²) in [5.74, 6) is -1.08. The molecule has 3 N–H and O–H groups in total. The normalized spacial score (nSPS) is 18.6. The van der Waals surface area contributed by atoms with Crippen LogP contribution in [0.2, 0.25) is 0 Å². The van der Waals surface area contributed by atoms with Crippen molar-refractivity contribution in [2.24, 2.45) is 0 Å². The average Bonchev–Trinajstić information content (AvgIpc) is 2.80. The number of hydrogen-bond acceptors (Lipinski definition) is 7. The minimum absolute atomic E-state index is 0.0353. The molecule has 0 aromatic heterocycles. The van der Waals surface area contributed by atoms with Crippen molar-refractivity contribution in [2.75, 3.05) is 6.61 Å². The molecule has 2 aliphatic rings. The minimum atomic E-state index is -1.08. The Balaban J connectivity index is 0.000000266. The maximum absolute atomic E-state index is 11.2. The van der Waals surface area contributed by atoms with Gasteiger partial charge in [-0.2, -0.15) is 0 Å². The molecule has 0 amide bonds. The Morgan fingerprint density at radius 1 is 1.09 bits per heavy atom. The monoisotopic (exact) mass is 495 g/mol. The quantitative estimate of drug-likeness (QED) is 0.227. The highest BCUT2D eigenvalue weighted by Crippen LogP contribution is 2.27. The second-order valence-corrected chi connectivity index (χ2v) is 11.0. The molecule has 0 unspecified atom stereocenters. The number of carbonyl (C=O) groups is 1. The van der Waals surface area contributed by atoms with Gasteiger partial charge in [0.05, 0.1) is 17.1 Å². The molecule has 0 aliphatic heterocycles. The molecule has 9 heteroatoms. The first kappa shape index (κ1) is 28.6. The lowest BCUT2D eigenvalue weighted by Gasteiger charge is -2.30. The Hall–Kier alpha value is -1.68. The molecular weight excluding hydrogens is 454 g/mol. The summed E-state index contributed by atoms with van der Waals surface area (Å²) in [5.41, 5.74) is -0.533. The van der Waals surface area contributed by atoms with Gasteiger partial charge in [-0.25, -0.2) is 4.72 Å². The second kappa shape index (κ2) is 14.7. The van der Waals surface area contributed by atoms with Gasteiger partial charge in [-0.3, -0.25) is 14.9 Å². The molecule has 0 saturated heterocycles. The minimum Gasteiger partial charge on any atom is -0.480 e. The van der Waals surface area contributed by atoms with Crippen molar-refractivity contribution in [1.29, 1.82) is 0 Å². The molecule has 2 saturated carbocycles. The van der Waals surface area contributed by atoms with Gasteiger partial charge in [0.2, 0.25) is 0 Å². The number of nitro groups is 1. The molecule has 3 rings (SSSR count). The van der Waals surface area contributed by atoms with Gasteiger partial charge >= 0.3 is 5.97 Å². The predicted octanol–water partition coefficient (Wildman–Crippen LogP) is 5.70. The van der Waals surface area contributed by atoms with Gasteiger partial charge < -0.3 is 15.2 Å². The Bertz CT molecular complexity index is 743. The summed E-state index contributed by atoms with van der Waals surface area (Å²) in [4.78, 5) is 21.9. The van der Waals surface area contributed by atoms with Crippen LogP contribution in [0.4, 0.5) is 5.69 Å². The summed E-state index contributed by atoms with van der Waals surface area (Å²) >= 11 is 0.910. The van der Waals surface area contributed by atoms with Crippen molar-refractivity contribution in [1.82, 2.24) is 10.0 Å². The Kier molecular flexibility index (Phi) is 12.3. The van der Waals surface area contributed by atoms with Gasteiger partial charge in [-0.15, -0.1) is 0 Å². The molecule has 0 heterocycles. The highest BCUT2D eigenvalue weighted by Gasteiger charge is 2.23. The summed E-state index contributed by atoms with van der Waals surface area (Å²) in [5, 5.41) is 23.9. The van der Waals surface area contributed by atoms with Gasteiger partial charge in [0.25, 0.3) is 5.69 Å². The Morgan fingerprint density at radius 3 is 2.09 bits per heavy atom. The fraction of sp³-hybridized carbons (Fsp3) is 0.720. The molecule has 0 radical (unpaired) electrons. The third-order valence-electron chi connectivity index (χ3n) is 6.04. The highest BCUT2D eigenvalue weighted by molar-refractivity contribution is 7.97. The van der Waals surface area contributed by atoms with E-state index in [4.69, 9.17) is 9.84 Å². The van der Waals surface area contributed by atoms with Crippen LogP contribution in [0.15, 0.2) is 29.2 Å². The molecule has 2 aliphatic carbocycles. The summed E-state index contributed by atoms with van der Waals surface area (Å²) in [6.45, 7) is 5.43. The van der Waals surface area contributed by atoms with E-state index in [2.05, 4.69) is 10.0 Å². The standard InChI is InChI=1S/C13H18N2O5S.C12H23N/c1-13(2,3)20-8-9(12(16)17)14-21-11-7-5-4-6-10(11)15(18)19;1-3-7-11(8-4-1)13-12-9-5-2-6-10-12/h4-7,9,14H,8H2,1-3H3,(H,16,17);11-13H,1-10H2/t9-;/m0./s1. The molecule has 0 bridgehead atoms. The van der Waals surface area contributed by atoms with Gasteiger partial charge in [-0.05, 0) is 64.5 Å². The van der Waals surface area contributed by atoms with Crippen LogP contribution in [-0.2, 0) is 9.53 Å². The molecule has 1 atom stereocenters. The number of benzene rings is 1. The fourth-order valence-electron chi connectivity index (χ4n) is 4.19. The van der Waals surface area contributed by atoms with E-state index < -0.39 is 22.5 Å². The maximum atomic E-state index is 11.2. The van der Waals surface area contributed by atoms with Crippen molar-refractivity contribution in [2.45, 2.75) is 114 Å². The number of nitro benzene ring substituents is 1. The van der Waals surface area contributed by atoms with Crippen molar-refractivity contribution < 1.29 is 19.6 Å². The van der Waals surface area contributed by atoms with Gasteiger partial charge in [0.15, 0.2) is 0 Å². The third kappa shape index (κ3) is 11.2. The number of nitrogens with one attached hydrogen (secondary N) is 2. The number of para-hydroxylation sites is 1. The number of nitrogens with zero attached hydrogens (tertiary/aromatic N) is 1. The highest BCUT2D eigenvalue weighted by atomic mass is 32.2. The van der Waals surface area contributed by atoms with Crippen LogP contribution in [0.25, 0.3) is 0 Å². The predicted molar refractivity (Wildman–Crippen MR) is 136 cm³/mol. The number of hydrogen-bond donors (Lipinski definition) is 3. The summed E-state index contributed by atoms with van der Waals surface area (Å²) in [6, 6.07) is 6.91. The topological polar surface area (TPSA) is 114 Å². The van der Waals surface area contributed by atoms with E-state index in [-0.39, 0.29) is 12.3 Å². The summed E-state index contributed by atoms with van der Waals surface area (Å²) < 4.78 is 8.12. The zero-order chi connectivity index (χ0) is 25.0. The zero-order valence-electron chi connectivity index (χ0n) is 20.8. The van der Waals surface area contributed by atoms with E-state index in [1.165, 1.54) is 70.3 Å². The summed E-state index contributed by atoms with van der Waals surface area (Å²) in [6.07, 6.45) is 14.6. The van der Waals surface area contributed by atoms with Crippen molar-refractivity contribution >= 4 is 23.6 Å². The van der Waals surface area contributed by atoms with Crippen LogP contribution in [0.3, 0.4) is 0 Å². The fourth-order valence-corrected chi connectivity index (χ4v) is 5.02. The van der Waals surface area contributed by atoms with Crippen molar-refractivity contribution in [3.05, 3.63) is 34.4 Å². The van der Waals surface area contributed by atoms with Gasteiger partial charge in [0, 0.05) is 18.2 Å². The Morgan fingerprint density at radius 2 is 1.62 bits per heavy atom. The average molecular weight is 496 g/mol. The van der Waals surface area contributed by atoms with Crippen LogP contribution in [0, 0.1) is 10.1 Å². The van der Waals surface area contributed by atoms with E-state index in [0.29, 0.717) is 4.90 Å². The lowest BCUT2D eigenvalue weighted by Crippen LogP contribution is -2.40. The smallest absolute Gasteiger partial charge is 0.323 e. The first-order valence-corrected chi connectivity index (χ1v) is 13.3. The molecule has 34 heavy (non-hydrogen) atoms. The molecule has 8 nitrogen and oxygen atoms in total. The third-order valence-corrected chi connectivity index (χ3v) is 7.00. The Labute approximate surface area is 207 Å². The van der Waals surface area contributed by atoms with Gasteiger partial charge in [-0.1, -0.05) is 50.7 Å². The second-order valence-electron chi connectivity index (χ2n) is 10.1. The summed E-state index contributed by atoms with van der Waals surface area (Å²) in [7, 11) is 0. The van der Waals surface area contributed by atoms with Crippen LogP contribution in [0.1, 0.15) is 85.0 Å². The van der Waals surface area contributed by atoms with Gasteiger partial charge in [0.1, 0.15) is 10.9 Å². The van der Waals surface area contributed by atoms with E-state index in [1.54, 1.807) is 18.2 Å². The lowest BCUT2D eigenvalue weighted by atomic mass is 9.91. The SMILES string of the molecule is C1CCC(NC2CCCCC2)CC1.CC(C)(C)OC[C@H](NSc1ccccc1[N+](=O)[O-])C(=O)O. The van der Waals surface area contributed by atoms with Crippen molar-refractivity contribution in [3.63, 3.8) is 0 Å². The molecular formula is C25H41N3O5S. The number of aliphatic carboxylic acids is 1. The van der Waals surface area contributed by atoms with Crippen LogP contribution >= 0.6 is 11.9 Å². The van der Waals surface area contributed by atoms with E-state index in [1.807, 2.05) is 20.8 Å². The molecule has 1 aromatic rings. The molecule has 0 spiro atoms. The molecule has 2 fully saturated rings. The van der Waals surface area contributed by atoms with Crippen molar-refractivity contribution in [3.8, 4) is 0 Å². The molecule has 192 valence electrons. The maximum Gasteiger partial charge on any atom is 0.323 e. The van der Waals surface area contributed by atoms with E-state index >= 15 is 0 Å². The van der Waals surface area contributed by atoms with Crippen LogP contribution in [0.5, 0.6) is 0 Å². The largest absolute Gasteiger partial charge is 0.480 e. The van der Waals surface area contributed by atoms with E-state index in [0.717, 1.165) is 24.0 Å². The number of ether oxygens (including phenoxy) is 1. The lowest BCUT2D eigenvalue weighted by molar-refractivity contribution is -0.387. The van der Waals surface area contributed by atoms with E-state index in [9.17, 15) is 14.9 Å². The van der Waals surface area contributed by atoms with Crippen LogP contribution in [-0.4, -0.2) is 46.3 Å². The number of rotatable bonds is 9. The van der Waals surface area contributed by atoms with Crippen LogP contribution < -0.4 is 10.0 Å².